The van der Waals surface area contributed by atoms with Gasteiger partial charge in [0.25, 0.3) is 0 Å². The molecule has 2 nitrogen and oxygen atoms in total. The van der Waals surface area contributed by atoms with Crippen molar-refractivity contribution in [3.8, 4) is 0 Å². The summed E-state index contributed by atoms with van der Waals surface area (Å²) in [5, 5.41) is 2.18. The van der Waals surface area contributed by atoms with Gasteiger partial charge in [0.15, 0.2) is 5.88 Å². The molecule has 1 aliphatic heterocycles. The number of nitrogens with one attached hydrogen (secondary N) is 1. The molecule has 1 N–H and O–H groups in total. The van der Waals surface area contributed by atoms with Crippen LogP contribution in [-0.4, -0.2) is 6.36 Å². The average Bonchev–Trinajstić information content (AvgIpc) is 2.12. The number of ether oxygens (including phenoxy) is 1. The molecule has 0 spiro atoms. The second-order valence-corrected chi connectivity index (χ2v) is 1.62. The molecule has 0 unspecified atom stereocenters. The Kier molecular flexibility index (Phi) is 1.74. The molecule has 0 saturated heterocycles. The summed E-state index contributed by atoms with van der Waals surface area (Å²) in [6, 6.07) is 0. The first-order valence-corrected chi connectivity index (χ1v) is 2.53. The van der Waals surface area contributed by atoms with Gasteiger partial charge in [-0.05, 0) is 12.5 Å². The Balaban J connectivity index is 2.38. The summed E-state index contributed by atoms with van der Waals surface area (Å²) < 4.78 is 37.6. The van der Waals surface area contributed by atoms with Gasteiger partial charge in [-0.25, -0.2) is 0 Å². The summed E-state index contributed by atoms with van der Waals surface area (Å²) in [4.78, 5) is 0. The zero-order valence-corrected chi connectivity index (χ0v) is 4.83. The highest BCUT2D eigenvalue weighted by molar-refractivity contribution is 5.03. The van der Waals surface area contributed by atoms with Crippen molar-refractivity contribution in [1.29, 1.82) is 0 Å². The monoisotopic (exact) mass is 151 g/mol. The fourth-order valence-electron chi connectivity index (χ4n) is 0.525. The number of hydrogen-bond donors (Lipinski definition) is 1. The first-order valence-electron chi connectivity index (χ1n) is 2.53. The summed E-state index contributed by atoms with van der Waals surface area (Å²) in [5.41, 5.74) is 0. The lowest BCUT2D eigenvalue weighted by Gasteiger charge is -2.08. The van der Waals surface area contributed by atoms with E-state index in [2.05, 4.69) is 16.6 Å². The van der Waals surface area contributed by atoms with Gasteiger partial charge in [-0.2, -0.15) is 0 Å². The van der Waals surface area contributed by atoms with Gasteiger partial charge < -0.3 is 10.1 Å². The predicted molar refractivity (Wildman–Crippen MR) is 26.2 cm³/mol. The zero-order chi connectivity index (χ0) is 7.61. The van der Waals surface area contributed by atoms with E-state index in [-0.39, 0.29) is 5.88 Å². The Morgan fingerprint density at radius 3 is 2.70 bits per heavy atom. The molecule has 1 heterocycles. The molecule has 10 heavy (non-hydrogen) atoms. The predicted octanol–water partition coefficient (Wildman–Crippen LogP) is 1.40. The van der Waals surface area contributed by atoms with E-state index < -0.39 is 6.36 Å². The SMILES string of the molecule is FC(F)(F)OC1=CC[C]N1. The molecule has 1 rings (SSSR count). The largest absolute Gasteiger partial charge is 0.574 e. The number of rotatable bonds is 1. The minimum atomic E-state index is -4.61. The summed E-state index contributed by atoms with van der Waals surface area (Å²) in [7, 11) is 0. The van der Waals surface area contributed by atoms with E-state index in [0.29, 0.717) is 6.42 Å². The Bertz CT molecular complexity index is 151. The van der Waals surface area contributed by atoms with Crippen molar-refractivity contribution in [3.05, 3.63) is 18.5 Å². The number of hydrogen-bond acceptors (Lipinski definition) is 2. The van der Waals surface area contributed by atoms with E-state index in [4.69, 9.17) is 0 Å². The minimum absolute atomic E-state index is 0.299. The summed E-state index contributed by atoms with van der Waals surface area (Å²) in [6.07, 6.45) is -3.01. The molecule has 2 radical (unpaired) electrons. The third-order valence-electron chi connectivity index (χ3n) is 0.827. The molecule has 0 atom stereocenters. The van der Waals surface area contributed by atoms with Crippen LogP contribution in [-0.2, 0) is 4.74 Å². The van der Waals surface area contributed by atoms with E-state index in [1.54, 1.807) is 0 Å². The van der Waals surface area contributed by atoms with Crippen LogP contribution in [0.15, 0.2) is 12.0 Å². The van der Waals surface area contributed by atoms with E-state index in [1.165, 1.54) is 6.08 Å². The average molecular weight is 151 g/mol. The first-order chi connectivity index (χ1) is 4.58. The van der Waals surface area contributed by atoms with Gasteiger partial charge in [0.1, 0.15) is 0 Å². The molecule has 0 aromatic heterocycles. The van der Waals surface area contributed by atoms with Gasteiger partial charge in [-0.1, -0.05) is 0 Å². The van der Waals surface area contributed by atoms with Crippen LogP contribution in [0.2, 0.25) is 0 Å². The highest BCUT2D eigenvalue weighted by Gasteiger charge is 2.32. The van der Waals surface area contributed by atoms with Crippen LogP contribution in [0.3, 0.4) is 0 Å². The highest BCUT2D eigenvalue weighted by Crippen LogP contribution is 2.21. The van der Waals surface area contributed by atoms with E-state index in [1.807, 2.05) is 0 Å². The van der Waals surface area contributed by atoms with Crippen LogP contribution in [0, 0.1) is 6.54 Å². The Morgan fingerprint density at radius 1 is 1.60 bits per heavy atom. The molecule has 0 aliphatic carbocycles. The summed E-state index contributed by atoms with van der Waals surface area (Å²) in [6.45, 7) is 2.43. The quantitative estimate of drug-likeness (QED) is 0.611. The topological polar surface area (TPSA) is 21.3 Å². The van der Waals surface area contributed by atoms with Crippen molar-refractivity contribution >= 4 is 0 Å². The summed E-state index contributed by atoms with van der Waals surface area (Å²) in [5.74, 6) is -0.299. The molecule has 1 aliphatic rings. The van der Waals surface area contributed by atoms with Crippen LogP contribution >= 0.6 is 0 Å². The smallest absolute Gasteiger partial charge is 0.391 e. The molecule has 0 bridgehead atoms. The number of halogens is 3. The molecule has 56 valence electrons. The second kappa shape index (κ2) is 2.40. The standard InChI is InChI=1S/C5H4F3NO/c6-5(7,8)10-4-2-1-3-9-4/h2,9H,1H2. The van der Waals surface area contributed by atoms with E-state index in [9.17, 15) is 13.2 Å². The maximum Gasteiger partial charge on any atom is 0.574 e. The summed E-state index contributed by atoms with van der Waals surface area (Å²) >= 11 is 0. The molecule has 0 saturated carbocycles. The molecular formula is C5H4F3NO. The van der Waals surface area contributed by atoms with Gasteiger partial charge in [0.05, 0.1) is 6.54 Å². The van der Waals surface area contributed by atoms with Gasteiger partial charge in [-0.3, -0.25) is 0 Å². The Morgan fingerprint density at radius 2 is 2.30 bits per heavy atom. The first kappa shape index (κ1) is 7.24. The van der Waals surface area contributed by atoms with Crippen LogP contribution in [0.4, 0.5) is 13.2 Å². The molecule has 0 fully saturated rings. The fraction of sp³-hybridized carbons (Fsp3) is 0.400. The van der Waals surface area contributed by atoms with Crippen molar-refractivity contribution in [2.45, 2.75) is 12.8 Å². The second-order valence-electron chi connectivity index (χ2n) is 1.62. The molecule has 5 heteroatoms. The number of alkyl halides is 3. The van der Waals surface area contributed by atoms with Crippen molar-refractivity contribution in [2.24, 2.45) is 0 Å². The molecule has 0 aromatic carbocycles. The van der Waals surface area contributed by atoms with Crippen molar-refractivity contribution < 1.29 is 17.9 Å². The lowest BCUT2D eigenvalue weighted by molar-refractivity contribution is -0.307. The van der Waals surface area contributed by atoms with Gasteiger partial charge in [-0.15, -0.1) is 13.2 Å². The third kappa shape index (κ3) is 2.16. The van der Waals surface area contributed by atoms with Crippen molar-refractivity contribution in [2.75, 3.05) is 0 Å². The Hall–Kier alpha value is -0.870. The van der Waals surface area contributed by atoms with Crippen molar-refractivity contribution in [1.82, 2.24) is 5.32 Å². The van der Waals surface area contributed by atoms with Gasteiger partial charge in [0, 0.05) is 0 Å². The maximum atomic E-state index is 11.4. The van der Waals surface area contributed by atoms with Crippen LogP contribution in [0.25, 0.3) is 0 Å². The molecule has 0 amide bonds. The van der Waals surface area contributed by atoms with Gasteiger partial charge >= 0.3 is 6.36 Å². The lowest BCUT2D eigenvalue weighted by atomic mass is 10.5. The highest BCUT2D eigenvalue weighted by atomic mass is 19.4. The Labute approximate surface area is 55.7 Å². The third-order valence-corrected chi connectivity index (χ3v) is 0.827. The maximum absolute atomic E-state index is 11.4. The van der Waals surface area contributed by atoms with Crippen molar-refractivity contribution in [3.63, 3.8) is 0 Å². The van der Waals surface area contributed by atoms with Crippen LogP contribution < -0.4 is 5.32 Å². The fourth-order valence-corrected chi connectivity index (χ4v) is 0.525. The molecule has 0 aromatic rings. The van der Waals surface area contributed by atoms with E-state index in [0.717, 1.165) is 0 Å². The van der Waals surface area contributed by atoms with Gasteiger partial charge in [0.2, 0.25) is 0 Å². The minimum Gasteiger partial charge on any atom is -0.391 e. The molecular weight excluding hydrogens is 147 g/mol. The normalized spacial score (nSPS) is 18.1. The lowest BCUT2D eigenvalue weighted by Crippen LogP contribution is -2.18. The van der Waals surface area contributed by atoms with E-state index >= 15 is 0 Å². The van der Waals surface area contributed by atoms with Crippen LogP contribution in [0.5, 0.6) is 0 Å². The van der Waals surface area contributed by atoms with Crippen LogP contribution in [0.1, 0.15) is 6.42 Å². The zero-order valence-electron chi connectivity index (χ0n) is 4.83.